The first kappa shape index (κ1) is 12.5. The van der Waals surface area contributed by atoms with Crippen molar-refractivity contribution in [1.29, 1.82) is 0 Å². The van der Waals surface area contributed by atoms with E-state index in [-0.39, 0.29) is 5.91 Å². The van der Waals surface area contributed by atoms with E-state index in [0.29, 0.717) is 12.6 Å². The van der Waals surface area contributed by atoms with Crippen molar-refractivity contribution in [2.24, 2.45) is 17.8 Å². The lowest BCUT2D eigenvalue weighted by Gasteiger charge is -2.17. The number of carbonyl (C=O) groups excluding carboxylic acids is 1. The van der Waals surface area contributed by atoms with Crippen molar-refractivity contribution in [3.05, 3.63) is 0 Å². The van der Waals surface area contributed by atoms with E-state index in [9.17, 15) is 4.79 Å². The van der Waals surface area contributed by atoms with Crippen molar-refractivity contribution in [2.45, 2.75) is 57.4 Å². The molecule has 0 aromatic carbocycles. The van der Waals surface area contributed by atoms with Crippen LogP contribution in [0.15, 0.2) is 0 Å². The molecule has 0 aromatic heterocycles. The summed E-state index contributed by atoms with van der Waals surface area (Å²) in [6.07, 6.45) is 10.6. The van der Waals surface area contributed by atoms with Gasteiger partial charge in [-0.15, -0.1) is 0 Å². The Morgan fingerprint density at radius 1 is 1.00 bits per heavy atom. The van der Waals surface area contributed by atoms with Crippen LogP contribution in [0.5, 0.6) is 0 Å². The summed E-state index contributed by atoms with van der Waals surface area (Å²) in [6, 6.07) is 0.460. The second-order valence-electron chi connectivity index (χ2n) is 6.52. The molecule has 0 aliphatic heterocycles. The van der Waals surface area contributed by atoms with E-state index in [0.717, 1.165) is 24.3 Å². The number of rotatable bonds is 7. The Hall–Kier alpha value is -0.570. The van der Waals surface area contributed by atoms with Crippen LogP contribution in [0.3, 0.4) is 0 Å². The monoisotopic (exact) mass is 250 g/mol. The molecule has 3 nitrogen and oxygen atoms in total. The molecule has 0 atom stereocenters. The Balaban J connectivity index is 1.31. The number of nitrogens with one attached hydrogen (secondary N) is 2. The number of carbonyl (C=O) groups is 1. The molecule has 102 valence electrons. The Labute approximate surface area is 110 Å². The molecule has 0 aromatic rings. The van der Waals surface area contributed by atoms with E-state index in [1.165, 1.54) is 51.4 Å². The summed E-state index contributed by atoms with van der Waals surface area (Å²) in [4.78, 5) is 11.8. The van der Waals surface area contributed by atoms with Gasteiger partial charge in [-0.2, -0.15) is 0 Å². The van der Waals surface area contributed by atoms with Gasteiger partial charge in [-0.1, -0.05) is 12.8 Å². The number of hydrogen-bond acceptors (Lipinski definition) is 2. The zero-order valence-electron chi connectivity index (χ0n) is 11.3. The fourth-order valence-electron chi connectivity index (χ4n) is 3.47. The maximum absolute atomic E-state index is 11.8. The van der Waals surface area contributed by atoms with Crippen LogP contribution >= 0.6 is 0 Å². The zero-order chi connectivity index (χ0) is 12.4. The lowest BCUT2D eigenvalue weighted by molar-refractivity contribution is -0.120. The van der Waals surface area contributed by atoms with Crippen LogP contribution in [0.2, 0.25) is 0 Å². The van der Waals surface area contributed by atoms with Gasteiger partial charge in [0.25, 0.3) is 0 Å². The van der Waals surface area contributed by atoms with Crippen LogP contribution in [0.25, 0.3) is 0 Å². The predicted octanol–water partition coefficient (Wildman–Crippen LogP) is 2.07. The van der Waals surface area contributed by atoms with Gasteiger partial charge in [0.2, 0.25) is 5.91 Å². The third-order valence-electron chi connectivity index (χ3n) is 4.84. The van der Waals surface area contributed by atoms with E-state index < -0.39 is 0 Å². The quantitative estimate of drug-likeness (QED) is 0.726. The summed E-state index contributed by atoms with van der Waals surface area (Å²) >= 11 is 0. The molecule has 0 unspecified atom stereocenters. The van der Waals surface area contributed by atoms with Crippen LogP contribution in [0.4, 0.5) is 0 Å². The van der Waals surface area contributed by atoms with Crippen LogP contribution < -0.4 is 10.6 Å². The molecule has 0 spiro atoms. The van der Waals surface area contributed by atoms with Crippen molar-refractivity contribution in [1.82, 2.24) is 10.6 Å². The number of amides is 1. The number of hydrogen-bond donors (Lipinski definition) is 2. The first-order valence-electron chi connectivity index (χ1n) is 7.83. The van der Waals surface area contributed by atoms with Gasteiger partial charge in [-0.05, 0) is 62.8 Å². The van der Waals surface area contributed by atoms with Crippen LogP contribution in [0, 0.1) is 17.8 Å². The Kier molecular flexibility index (Phi) is 3.88. The molecular weight excluding hydrogens is 224 g/mol. The molecule has 2 N–H and O–H groups in total. The molecular formula is C15H26N2O. The molecule has 0 radical (unpaired) electrons. The van der Waals surface area contributed by atoms with Crippen LogP contribution in [-0.4, -0.2) is 25.0 Å². The van der Waals surface area contributed by atoms with Gasteiger partial charge in [0.05, 0.1) is 6.54 Å². The van der Waals surface area contributed by atoms with Gasteiger partial charge < -0.3 is 10.6 Å². The third kappa shape index (κ3) is 3.47. The van der Waals surface area contributed by atoms with Crippen molar-refractivity contribution in [3.8, 4) is 0 Å². The summed E-state index contributed by atoms with van der Waals surface area (Å²) in [7, 11) is 0. The van der Waals surface area contributed by atoms with Crippen molar-refractivity contribution >= 4 is 5.91 Å². The second-order valence-corrected chi connectivity index (χ2v) is 6.52. The maximum atomic E-state index is 11.8. The highest BCUT2D eigenvalue weighted by atomic mass is 16.1. The van der Waals surface area contributed by atoms with Crippen LogP contribution in [0.1, 0.15) is 51.4 Å². The van der Waals surface area contributed by atoms with Gasteiger partial charge in [0.15, 0.2) is 0 Å². The smallest absolute Gasteiger partial charge is 0.234 e. The average molecular weight is 250 g/mol. The Morgan fingerprint density at radius 2 is 1.61 bits per heavy atom. The molecule has 3 aliphatic carbocycles. The van der Waals surface area contributed by atoms with Crippen molar-refractivity contribution in [3.63, 3.8) is 0 Å². The summed E-state index contributed by atoms with van der Waals surface area (Å²) in [5.74, 6) is 3.02. The maximum Gasteiger partial charge on any atom is 0.234 e. The minimum absolute atomic E-state index is 0.201. The lowest BCUT2D eigenvalue weighted by atomic mass is 9.98. The molecule has 3 fully saturated rings. The van der Waals surface area contributed by atoms with Gasteiger partial charge in [-0.3, -0.25) is 4.79 Å². The molecule has 1 amide bonds. The lowest BCUT2D eigenvalue weighted by Crippen LogP contribution is -2.40. The van der Waals surface area contributed by atoms with E-state index in [1.54, 1.807) is 0 Å². The summed E-state index contributed by atoms with van der Waals surface area (Å²) in [5, 5.41) is 6.53. The molecule has 0 saturated heterocycles. The van der Waals surface area contributed by atoms with Crippen molar-refractivity contribution < 1.29 is 4.79 Å². The SMILES string of the molecule is O=C(CNCC(C1CC1)C1CC1)NC1CCCC1. The normalized spacial score (nSPS) is 24.7. The molecule has 0 heterocycles. The first-order chi connectivity index (χ1) is 8.83. The predicted molar refractivity (Wildman–Crippen MR) is 72.2 cm³/mol. The minimum atomic E-state index is 0.201. The van der Waals surface area contributed by atoms with Crippen molar-refractivity contribution in [2.75, 3.05) is 13.1 Å². The molecule has 3 rings (SSSR count). The standard InChI is InChI=1S/C15H26N2O/c18-15(17-13-3-1-2-4-13)10-16-9-14(11-5-6-11)12-7-8-12/h11-14,16H,1-10H2,(H,17,18). The Morgan fingerprint density at radius 3 is 2.17 bits per heavy atom. The van der Waals surface area contributed by atoms with Gasteiger partial charge in [0, 0.05) is 6.04 Å². The largest absolute Gasteiger partial charge is 0.352 e. The summed E-state index contributed by atoms with van der Waals surface area (Å²) in [6.45, 7) is 1.58. The molecule has 0 bridgehead atoms. The Bertz CT molecular complexity index is 279. The minimum Gasteiger partial charge on any atom is -0.352 e. The average Bonchev–Trinajstić information content (AvgIpc) is 3.27. The van der Waals surface area contributed by atoms with E-state index in [1.807, 2.05) is 0 Å². The highest BCUT2D eigenvalue weighted by Gasteiger charge is 2.40. The summed E-state index contributed by atoms with van der Waals surface area (Å²) < 4.78 is 0. The van der Waals surface area contributed by atoms with E-state index in [2.05, 4.69) is 10.6 Å². The van der Waals surface area contributed by atoms with Gasteiger partial charge in [-0.25, -0.2) is 0 Å². The fraction of sp³-hybridized carbons (Fsp3) is 0.933. The second kappa shape index (κ2) is 5.60. The van der Waals surface area contributed by atoms with E-state index in [4.69, 9.17) is 0 Å². The molecule has 18 heavy (non-hydrogen) atoms. The molecule has 3 saturated carbocycles. The van der Waals surface area contributed by atoms with Gasteiger partial charge >= 0.3 is 0 Å². The third-order valence-corrected chi connectivity index (χ3v) is 4.84. The zero-order valence-corrected chi connectivity index (χ0v) is 11.3. The highest BCUT2D eigenvalue weighted by Crippen LogP contribution is 2.48. The molecule has 3 heteroatoms. The van der Waals surface area contributed by atoms with Gasteiger partial charge in [0.1, 0.15) is 0 Å². The molecule has 3 aliphatic rings. The topological polar surface area (TPSA) is 41.1 Å². The highest BCUT2D eigenvalue weighted by molar-refractivity contribution is 5.78. The van der Waals surface area contributed by atoms with Crippen LogP contribution in [-0.2, 0) is 4.79 Å². The summed E-state index contributed by atoms with van der Waals surface area (Å²) in [5.41, 5.74) is 0. The van der Waals surface area contributed by atoms with E-state index >= 15 is 0 Å². The first-order valence-corrected chi connectivity index (χ1v) is 7.83. The fourth-order valence-corrected chi connectivity index (χ4v) is 3.47.